The molecule has 6 rings (SSSR count). The monoisotopic (exact) mass is 502 g/mol. The van der Waals surface area contributed by atoms with Gasteiger partial charge >= 0.3 is 6.09 Å². The second-order valence-corrected chi connectivity index (χ2v) is 9.73. The zero-order valence-electron chi connectivity index (χ0n) is 19.1. The Morgan fingerprint density at radius 3 is 2.83 bits per heavy atom. The molecule has 182 valence electrons. The van der Waals surface area contributed by atoms with Gasteiger partial charge in [-0.05, 0) is 36.8 Å². The molecule has 3 amide bonds. The van der Waals surface area contributed by atoms with Crippen LogP contribution < -0.4 is 10.6 Å². The number of H-pyrrole nitrogens is 1. The average Bonchev–Trinajstić information content (AvgIpc) is 3.57. The van der Waals surface area contributed by atoms with Crippen LogP contribution in [0.15, 0.2) is 41.9 Å². The van der Waals surface area contributed by atoms with Crippen LogP contribution in [0.3, 0.4) is 0 Å². The number of benzene rings is 1. The van der Waals surface area contributed by atoms with E-state index in [1.165, 1.54) is 16.2 Å². The summed E-state index contributed by atoms with van der Waals surface area (Å²) in [5.41, 5.74) is 2.96. The van der Waals surface area contributed by atoms with Gasteiger partial charge in [-0.15, -0.1) is 11.3 Å². The third kappa shape index (κ3) is 3.68. The fourth-order valence-corrected chi connectivity index (χ4v) is 5.87. The highest BCUT2D eigenvalue weighted by Gasteiger charge is 2.36. The van der Waals surface area contributed by atoms with Crippen LogP contribution >= 0.6 is 11.3 Å². The SMILES string of the molecule is O=C1NC(=O)C(c2c[nH]c3ccsc23)=C1c1nc(NCC2CCCCN2C(=O)O)nc2ccccc12. The van der Waals surface area contributed by atoms with Crippen molar-refractivity contribution < 1.29 is 19.5 Å². The lowest BCUT2D eigenvalue weighted by Crippen LogP contribution is -2.46. The zero-order valence-corrected chi connectivity index (χ0v) is 19.9. The van der Waals surface area contributed by atoms with Crippen LogP contribution in [0.1, 0.15) is 30.5 Å². The van der Waals surface area contributed by atoms with Crippen molar-refractivity contribution in [3.8, 4) is 0 Å². The van der Waals surface area contributed by atoms with Gasteiger partial charge in [0.2, 0.25) is 5.95 Å². The van der Waals surface area contributed by atoms with E-state index in [2.05, 4.69) is 25.6 Å². The topological polar surface area (TPSA) is 140 Å². The Kier molecular flexibility index (Phi) is 5.41. The first kappa shape index (κ1) is 22.2. The molecule has 1 fully saturated rings. The second-order valence-electron chi connectivity index (χ2n) is 8.82. The molecule has 1 unspecified atom stereocenters. The summed E-state index contributed by atoms with van der Waals surface area (Å²) in [6, 6.07) is 9.03. The minimum absolute atomic E-state index is 0.195. The molecule has 10 nitrogen and oxygen atoms in total. The average molecular weight is 503 g/mol. The molecular formula is C25H22N6O4S. The van der Waals surface area contributed by atoms with Gasteiger partial charge in [0.15, 0.2) is 0 Å². The molecular weight excluding hydrogens is 480 g/mol. The highest BCUT2D eigenvalue weighted by atomic mass is 32.1. The van der Waals surface area contributed by atoms with E-state index in [4.69, 9.17) is 0 Å². The highest BCUT2D eigenvalue weighted by Crippen LogP contribution is 2.38. The molecule has 36 heavy (non-hydrogen) atoms. The molecule has 2 aliphatic heterocycles. The van der Waals surface area contributed by atoms with Gasteiger partial charge in [-0.3, -0.25) is 14.9 Å². The van der Waals surface area contributed by atoms with Gasteiger partial charge in [0, 0.05) is 30.2 Å². The number of likely N-dealkylation sites (tertiary alicyclic amines) is 1. The normalized spacial score (nSPS) is 18.3. The van der Waals surface area contributed by atoms with Gasteiger partial charge in [0.05, 0.1) is 38.6 Å². The van der Waals surface area contributed by atoms with Crippen LogP contribution in [0, 0.1) is 0 Å². The molecule has 5 heterocycles. The number of nitrogens with zero attached hydrogens (tertiary/aromatic N) is 3. The van der Waals surface area contributed by atoms with E-state index >= 15 is 0 Å². The molecule has 1 aromatic carbocycles. The number of fused-ring (bicyclic) bond motifs is 2. The Bertz CT molecular complexity index is 1570. The van der Waals surface area contributed by atoms with Gasteiger partial charge in [0.1, 0.15) is 0 Å². The number of rotatable bonds is 5. The lowest BCUT2D eigenvalue weighted by atomic mass is 9.99. The first-order valence-corrected chi connectivity index (χ1v) is 12.5. The van der Waals surface area contributed by atoms with Crippen LogP contribution in [-0.2, 0) is 9.59 Å². The number of aromatic amines is 1. The minimum Gasteiger partial charge on any atom is -0.465 e. The first-order chi connectivity index (χ1) is 17.5. The predicted molar refractivity (Wildman–Crippen MR) is 137 cm³/mol. The fraction of sp³-hybridized carbons (Fsp3) is 0.240. The van der Waals surface area contributed by atoms with Crippen molar-refractivity contribution >= 4 is 67.5 Å². The summed E-state index contributed by atoms with van der Waals surface area (Å²) in [7, 11) is 0. The van der Waals surface area contributed by atoms with Crippen LogP contribution in [0.2, 0.25) is 0 Å². The molecule has 1 saturated heterocycles. The minimum atomic E-state index is -0.941. The van der Waals surface area contributed by atoms with E-state index in [1.54, 1.807) is 6.20 Å². The quantitative estimate of drug-likeness (QED) is 0.305. The number of nitrogens with one attached hydrogen (secondary N) is 3. The second kappa shape index (κ2) is 8.76. The van der Waals surface area contributed by atoms with Gasteiger partial charge in [0.25, 0.3) is 11.8 Å². The molecule has 4 N–H and O–H groups in total. The smallest absolute Gasteiger partial charge is 0.407 e. The number of hydrogen-bond donors (Lipinski definition) is 4. The standard InChI is InChI=1S/C25H22N6O4S/c32-22-18(15-12-26-17-8-10-36-21(15)17)19(23(33)30-22)20-14-6-1-2-7-16(14)28-24(29-20)27-11-13-5-3-4-9-31(13)25(34)35/h1-2,6-8,10,12-13,26H,3-5,9,11H2,(H,34,35)(H,27,28,29)(H,30,32,33). The molecule has 0 bridgehead atoms. The van der Waals surface area contributed by atoms with Gasteiger partial charge in [-0.25, -0.2) is 14.8 Å². The van der Waals surface area contributed by atoms with Gasteiger partial charge in [-0.2, -0.15) is 0 Å². The maximum atomic E-state index is 13.1. The number of imide groups is 1. The molecule has 1 atom stereocenters. The van der Waals surface area contributed by atoms with E-state index in [0.717, 1.165) is 29.5 Å². The van der Waals surface area contributed by atoms with Crippen molar-refractivity contribution in [2.24, 2.45) is 0 Å². The van der Waals surface area contributed by atoms with E-state index in [1.807, 2.05) is 35.7 Å². The number of hydrogen-bond acceptors (Lipinski definition) is 7. The summed E-state index contributed by atoms with van der Waals surface area (Å²) in [6.45, 7) is 0.840. The highest BCUT2D eigenvalue weighted by molar-refractivity contribution is 7.17. The Labute approximate surface area is 209 Å². The molecule has 0 aliphatic carbocycles. The van der Waals surface area contributed by atoms with Crippen LogP contribution in [-0.4, -0.2) is 62.0 Å². The third-order valence-electron chi connectivity index (χ3n) is 6.69. The molecule has 11 heteroatoms. The van der Waals surface area contributed by atoms with E-state index < -0.39 is 17.9 Å². The largest absolute Gasteiger partial charge is 0.465 e. The number of carboxylic acid groups (broad SMARTS) is 1. The van der Waals surface area contributed by atoms with E-state index in [9.17, 15) is 19.5 Å². The van der Waals surface area contributed by atoms with E-state index in [-0.39, 0.29) is 23.1 Å². The maximum absolute atomic E-state index is 13.1. The lowest BCUT2D eigenvalue weighted by Gasteiger charge is -2.33. The summed E-state index contributed by atoms with van der Waals surface area (Å²) in [6.07, 6.45) is 3.34. The zero-order chi connectivity index (χ0) is 24.8. The number of amides is 3. The summed E-state index contributed by atoms with van der Waals surface area (Å²) >= 11 is 1.49. The number of carbonyl (C=O) groups excluding carboxylic acids is 2. The number of carbonyl (C=O) groups is 3. The fourth-order valence-electron chi connectivity index (χ4n) is 4.99. The van der Waals surface area contributed by atoms with Crippen molar-refractivity contribution in [1.82, 2.24) is 25.2 Å². The van der Waals surface area contributed by atoms with Crippen LogP contribution in [0.4, 0.5) is 10.7 Å². The summed E-state index contributed by atoms with van der Waals surface area (Å²) in [5.74, 6) is -0.713. The van der Waals surface area contributed by atoms with Crippen molar-refractivity contribution in [2.45, 2.75) is 25.3 Å². The van der Waals surface area contributed by atoms with Crippen molar-refractivity contribution in [3.63, 3.8) is 0 Å². The molecule has 2 aliphatic rings. The Balaban J connectivity index is 1.45. The predicted octanol–water partition coefficient (Wildman–Crippen LogP) is 3.68. The summed E-state index contributed by atoms with van der Waals surface area (Å²) in [5, 5.41) is 17.7. The summed E-state index contributed by atoms with van der Waals surface area (Å²) < 4.78 is 0.884. The van der Waals surface area contributed by atoms with Gasteiger partial charge < -0.3 is 20.3 Å². The third-order valence-corrected chi connectivity index (χ3v) is 7.64. The number of piperidine rings is 1. The maximum Gasteiger partial charge on any atom is 0.407 e. The Morgan fingerprint density at radius 2 is 1.97 bits per heavy atom. The van der Waals surface area contributed by atoms with Crippen molar-refractivity contribution in [3.05, 3.63) is 53.2 Å². The summed E-state index contributed by atoms with van der Waals surface area (Å²) in [4.78, 5) is 51.6. The Hall–Kier alpha value is -4.25. The van der Waals surface area contributed by atoms with E-state index in [0.29, 0.717) is 35.2 Å². The first-order valence-electron chi connectivity index (χ1n) is 11.7. The van der Waals surface area contributed by atoms with Crippen molar-refractivity contribution in [1.29, 1.82) is 0 Å². The van der Waals surface area contributed by atoms with Crippen LogP contribution in [0.5, 0.6) is 0 Å². The van der Waals surface area contributed by atoms with Crippen molar-refractivity contribution in [2.75, 3.05) is 18.4 Å². The van der Waals surface area contributed by atoms with Gasteiger partial charge in [-0.1, -0.05) is 18.2 Å². The molecule has 0 radical (unpaired) electrons. The van der Waals surface area contributed by atoms with Crippen LogP contribution in [0.25, 0.3) is 32.3 Å². The number of anilines is 1. The molecule has 3 aromatic heterocycles. The lowest BCUT2D eigenvalue weighted by molar-refractivity contribution is -0.122. The number of aromatic nitrogens is 3. The number of para-hydroxylation sites is 1. The number of thiophene rings is 1. The molecule has 0 spiro atoms. The molecule has 4 aromatic rings. The Morgan fingerprint density at radius 1 is 1.14 bits per heavy atom. The molecule has 0 saturated carbocycles.